The molecule has 0 aliphatic heterocycles. The first-order chi connectivity index (χ1) is 14.8. The molecule has 0 unspecified atom stereocenters. The van der Waals surface area contributed by atoms with Crippen LogP contribution in [0.4, 0.5) is 13.2 Å². The summed E-state index contributed by atoms with van der Waals surface area (Å²) in [6, 6.07) is 9.45. The van der Waals surface area contributed by atoms with Crippen molar-refractivity contribution in [3.8, 4) is 5.69 Å². The molecule has 164 valence electrons. The maximum atomic E-state index is 13.6. The molecular formula is C21H20F3N3O3S. The number of carbonyl (C=O) groups is 2. The number of rotatable bonds is 7. The Bertz CT molecular complexity index is 1040. The number of amides is 1. The number of thiophene rings is 1. The second-order valence-corrected chi connectivity index (χ2v) is 7.51. The van der Waals surface area contributed by atoms with Gasteiger partial charge in [0, 0.05) is 17.0 Å². The number of esters is 1. The smallest absolute Gasteiger partial charge is 0.434 e. The van der Waals surface area contributed by atoms with E-state index >= 15 is 0 Å². The van der Waals surface area contributed by atoms with E-state index in [1.165, 1.54) is 31.2 Å². The highest BCUT2D eigenvalue weighted by atomic mass is 32.1. The molecule has 6 nitrogen and oxygen atoms in total. The van der Waals surface area contributed by atoms with E-state index < -0.39 is 23.4 Å². The third kappa shape index (κ3) is 4.96. The molecule has 2 aromatic heterocycles. The van der Waals surface area contributed by atoms with Gasteiger partial charge in [-0.2, -0.15) is 18.3 Å². The van der Waals surface area contributed by atoms with Crippen molar-refractivity contribution in [2.45, 2.75) is 26.6 Å². The summed E-state index contributed by atoms with van der Waals surface area (Å²) < 4.78 is 46.3. The van der Waals surface area contributed by atoms with Gasteiger partial charge < -0.3 is 9.64 Å². The number of carbonyl (C=O) groups excluding carboxylic acids is 2. The van der Waals surface area contributed by atoms with Gasteiger partial charge in [0.1, 0.15) is 5.56 Å². The minimum Gasteiger partial charge on any atom is -0.462 e. The predicted molar refractivity (Wildman–Crippen MR) is 109 cm³/mol. The summed E-state index contributed by atoms with van der Waals surface area (Å²) in [5.74, 6) is -1.33. The zero-order valence-electron chi connectivity index (χ0n) is 16.8. The molecule has 1 amide bonds. The average Bonchev–Trinajstić information content (AvgIpc) is 3.41. The Labute approximate surface area is 180 Å². The molecule has 2 heterocycles. The lowest BCUT2D eigenvalue weighted by atomic mass is 10.1. The van der Waals surface area contributed by atoms with Crippen LogP contribution in [0.3, 0.4) is 0 Å². The first-order valence-corrected chi connectivity index (χ1v) is 10.4. The molecule has 0 aliphatic rings. The monoisotopic (exact) mass is 451 g/mol. The molecule has 0 N–H and O–H groups in total. The van der Waals surface area contributed by atoms with Crippen LogP contribution in [0.1, 0.15) is 45.1 Å². The van der Waals surface area contributed by atoms with E-state index in [2.05, 4.69) is 5.10 Å². The highest BCUT2D eigenvalue weighted by Crippen LogP contribution is 2.34. The van der Waals surface area contributed by atoms with Gasteiger partial charge in [-0.1, -0.05) is 6.07 Å². The van der Waals surface area contributed by atoms with Crippen LogP contribution in [0.15, 0.2) is 48.0 Å². The Balaban J connectivity index is 1.89. The molecular weight excluding hydrogens is 431 g/mol. The minimum atomic E-state index is -4.83. The van der Waals surface area contributed by atoms with E-state index in [1.807, 2.05) is 24.4 Å². The lowest BCUT2D eigenvalue weighted by Gasteiger charge is -2.20. The fourth-order valence-electron chi connectivity index (χ4n) is 3.02. The van der Waals surface area contributed by atoms with Gasteiger partial charge in [0.05, 0.1) is 25.0 Å². The summed E-state index contributed by atoms with van der Waals surface area (Å²) >= 11 is 1.54. The van der Waals surface area contributed by atoms with Crippen molar-refractivity contribution in [3.63, 3.8) is 0 Å². The highest BCUT2D eigenvalue weighted by molar-refractivity contribution is 7.09. The van der Waals surface area contributed by atoms with Gasteiger partial charge in [-0.05, 0) is 49.6 Å². The number of aromatic nitrogens is 2. The van der Waals surface area contributed by atoms with E-state index in [0.717, 1.165) is 11.1 Å². The lowest BCUT2D eigenvalue weighted by Crippen LogP contribution is -2.30. The van der Waals surface area contributed by atoms with Crippen LogP contribution in [0.2, 0.25) is 0 Å². The standard InChI is InChI=1S/C21H20F3N3O3S/c1-3-26(13-16-6-5-11-31-16)19(28)14-7-9-15(10-8-14)27-18(21(22,23)24)17(12-25-27)20(29)30-4-2/h5-12H,3-4,13H2,1-2H3. The Kier molecular flexibility index (Phi) is 6.79. The van der Waals surface area contributed by atoms with E-state index in [-0.39, 0.29) is 18.2 Å². The molecule has 0 bridgehead atoms. The number of benzene rings is 1. The molecule has 0 radical (unpaired) electrons. The van der Waals surface area contributed by atoms with E-state index in [0.29, 0.717) is 23.3 Å². The Morgan fingerprint density at radius 2 is 1.87 bits per heavy atom. The zero-order chi connectivity index (χ0) is 22.6. The molecule has 0 atom stereocenters. The molecule has 0 aliphatic carbocycles. The zero-order valence-corrected chi connectivity index (χ0v) is 17.7. The van der Waals surface area contributed by atoms with E-state index in [1.54, 1.807) is 16.2 Å². The first-order valence-electron chi connectivity index (χ1n) is 9.50. The Morgan fingerprint density at radius 3 is 2.42 bits per heavy atom. The van der Waals surface area contributed by atoms with Crippen molar-refractivity contribution in [2.24, 2.45) is 0 Å². The topological polar surface area (TPSA) is 64.4 Å². The summed E-state index contributed by atoms with van der Waals surface area (Å²) in [6.45, 7) is 4.24. The summed E-state index contributed by atoms with van der Waals surface area (Å²) in [5, 5.41) is 5.66. The van der Waals surface area contributed by atoms with Gasteiger partial charge in [-0.15, -0.1) is 11.3 Å². The highest BCUT2D eigenvalue weighted by Gasteiger charge is 2.41. The molecule has 0 saturated heterocycles. The molecule has 3 aromatic rings. The second kappa shape index (κ2) is 9.34. The molecule has 0 fully saturated rings. The van der Waals surface area contributed by atoms with Crippen LogP contribution in [-0.2, 0) is 17.5 Å². The van der Waals surface area contributed by atoms with Gasteiger partial charge >= 0.3 is 12.1 Å². The molecule has 0 saturated carbocycles. The Hall–Kier alpha value is -3.14. The largest absolute Gasteiger partial charge is 0.462 e. The maximum Gasteiger partial charge on any atom is 0.434 e. The maximum absolute atomic E-state index is 13.6. The quantitative estimate of drug-likeness (QED) is 0.485. The molecule has 3 rings (SSSR count). The second-order valence-electron chi connectivity index (χ2n) is 6.48. The molecule has 10 heteroatoms. The van der Waals surface area contributed by atoms with Gasteiger partial charge in [0.25, 0.3) is 5.91 Å². The number of halogens is 3. The van der Waals surface area contributed by atoms with E-state index in [4.69, 9.17) is 4.74 Å². The predicted octanol–water partition coefficient (Wildman–Crippen LogP) is 4.79. The van der Waals surface area contributed by atoms with Crippen LogP contribution >= 0.6 is 11.3 Å². The van der Waals surface area contributed by atoms with Crippen molar-refractivity contribution in [1.82, 2.24) is 14.7 Å². The molecule has 1 aromatic carbocycles. The lowest BCUT2D eigenvalue weighted by molar-refractivity contribution is -0.143. The van der Waals surface area contributed by atoms with Crippen molar-refractivity contribution >= 4 is 23.2 Å². The molecule has 31 heavy (non-hydrogen) atoms. The normalized spacial score (nSPS) is 11.4. The summed E-state index contributed by atoms with van der Waals surface area (Å²) in [4.78, 5) is 27.4. The summed E-state index contributed by atoms with van der Waals surface area (Å²) in [7, 11) is 0. The number of hydrogen-bond donors (Lipinski definition) is 0. The SMILES string of the molecule is CCOC(=O)c1cnn(-c2ccc(C(=O)N(CC)Cc3cccs3)cc2)c1C(F)(F)F. The van der Waals surface area contributed by atoms with Gasteiger partial charge in [0.15, 0.2) is 5.69 Å². The minimum absolute atomic E-state index is 0.0580. The van der Waals surface area contributed by atoms with Crippen LogP contribution in [0.25, 0.3) is 5.69 Å². The van der Waals surface area contributed by atoms with Gasteiger partial charge in [0.2, 0.25) is 0 Å². The number of ether oxygens (including phenoxy) is 1. The molecule has 0 spiro atoms. The fourth-order valence-corrected chi connectivity index (χ4v) is 3.74. The number of hydrogen-bond acceptors (Lipinski definition) is 5. The number of nitrogens with zero attached hydrogens (tertiary/aromatic N) is 3. The summed E-state index contributed by atoms with van der Waals surface area (Å²) in [5.41, 5.74) is -1.48. The van der Waals surface area contributed by atoms with Crippen LogP contribution < -0.4 is 0 Å². The van der Waals surface area contributed by atoms with Crippen molar-refractivity contribution in [1.29, 1.82) is 0 Å². The Morgan fingerprint density at radius 1 is 1.16 bits per heavy atom. The first kappa shape index (κ1) is 22.5. The van der Waals surface area contributed by atoms with Crippen LogP contribution in [0.5, 0.6) is 0 Å². The number of alkyl halides is 3. The van der Waals surface area contributed by atoms with Crippen molar-refractivity contribution < 1.29 is 27.5 Å². The van der Waals surface area contributed by atoms with E-state index in [9.17, 15) is 22.8 Å². The van der Waals surface area contributed by atoms with Crippen molar-refractivity contribution in [2.75, 3.05) is 13.2 Å². The summed E-state index contributed by atoms with van der Waals surface area (Å²) in [6.07, 6.45) is -3.99. The fraction of sp³-hybridized carbons (Fsp3) is 0.286. The third-order valence-electron chi connectivity index (χ3n) is 4.49. The van der Waals surface area contributed by atoms with Crippen LogP contribution in [0, 0.1) is 0 Å². The van der Waals surface area contributed by atoms with Gasteiger partial charge in [-0.3, -0.25) is 4.79 Å². The third-order valence-corrected chi connectivity index (χ3v) is 5.35. The van der Waals surface area contributed by atoms with Gasteiger partial charge in [-0.25, -0.2) is 9.48 Å². The van der Waals surface area contributed by atoms with Crippen LogP contribution in [-0.4, -0.2) is 39.7 Å². The van der Waals surface area contributed by atoms with Crippen molar-refractivity contribution in [3.05, 3.63) is 69.7 Å². The average molecular weight is 451 g/mol.